The van der Waals surface area contributed by atoms with E-state index >= 15 is 0 Å². The first kappa shape index (κ1) is 15.4. The fourth-order valence-electron chi connectivity index (χ4n) is 1.54. The molecule has 0 saturated heterocycles. The lowest BCUT2D eigenvalue weighted by Crippen LogP contribution is -2.21. The van der Waals surface area contributed by atoms with Crippen molar-refractivity contribution in [2.24, 2.45) is 0 Å². The van der Waals surface area contributed by atoms with Crippen molar-refractivity contribution in [3.05, 3.63) is 11.1 Å². The molecular weight excluding hydrogens is 250 g/mol. The average Bonchev–Trinajstić information content (AvgIpc) is 2.84. The third-order valence-corrected chi connectivity index (χ3v) is 3.59. The lowest BCUT2D eigenvalue weighted by atomic mass is 10.5. The van der Waals surface area contributed by atoms with Crippen molar-refractivity contribution in [1.82, 2.24) is 10.3 Å². The zero-order chi connectivity index (χ0) is 13.2. The highest BCUT2D eigenvalue weighted by Crippen LogP contribution is 2.21. The van der Waals surface area contributed by atoms with Crippen LogP contribution in [0.3, 0.4) is 0 Å². The standard InChI is InChI=1S/C12H23N3O2S/c1-3-15(4-2)12-14-10-11(18-12)9-13-5-7-17-8-6-16/h10,13,16H,3-9H2,1-2H3. The second-order valence-corrected chi connectivity index (χ2v) is 4.89. The number of nitrogens with one attached hydrogen (secondary N) is 1. The number of aliphatic hydroxyl groups is 1. The summed E-state index contributed by atoms with van der Waals surface area (Å²) in [6.45, 7) is 9.00. The molecule has 1 aromatic rings. The first-order chi connectivity index (χ1) is 8.81. The van der Waals surface area contributed by atoms with E-state index in [-0.39, 0.29) is 6.61 Å². The Bertz CT molecular complexity index is 316. The van der Waals surface area contributed by atoms with Gasteiger partial charge in [0, 0.05) is 37.3 Å². The molecule has 0 bridgehead atoms. The number of nitrogens with zero attached hydrogens (tertiary/aromatic N) is 2. The molecule has 0 aliphatic carbocycles. The summed E-state index contributed by atoms with van der Waals surface area (Å²) in [5, 5.41) is 12.9. The van der Waals surface area contributed by atoms with Crippen LogP contribution >= 0.6 is 11.3 Å². The maximum absolute atomic E-state index is 8.55. The van der Waals surface area contributed by atoms with Gasteiger partial charge >= 0.3 is 0 Å². The van der Waals surface area contributed by atoms with Crippen LogP contribution < -0.4 is 10.2 Å². The lowest BCUT2D eigenvalue weighted by molar-refractivity contribution is 0.0938. The minimum absolute atomic E-state index is 0.0854. The molecule has 0 spiro atoms. The maximum Gasteiger partial charge on any atom is 0.185 e. The molecule has 1 aromatic heterocycles. The molecule has 6 heteroatoms. The summed E-state index contributed by atoms with van der Waals surface area (Å²) in [4.78, 5) is 7.91. The number of ether oxygens (including phenoxy) is 1. The highest BCUT2D eigenvalue weighted by Gasteiger charge is 2.06. The van der Waals surface area contributed by atoms with Gasteiger partial charge in [-0.2, -0.15) is 0 Å². The van der Waals surface area contributed by atoms with Gasteiger partial charge in [-0.05, 0) is 13.8 Å². The van der Waals surface area contributed by atoms with Gasteiger partial charge in [0.2, 0.25) is 0 Å². The highest BCUT2D eigenvalue weighted by molar-refractivity contribution is 7.15. The van der Waals surface area contributed by atoms with E-state index in [2.05, 4.69) is 29.0 Å². The van der Waals surface area contributed by atoms with Crippen LogP contribution in [0.25, 0.3) is 0 Å². The number of hydrogen-bond donors (Lipinski definition) is 2. The Labute approximate surface area is 113 Å². The molecule has 1 rings (SSSR count). The van der Waals surface area contributed by atoms with E-state index in [4.69, 9.17) is 9.84 Å². The van der Waals surface area contributed by atoms with Gasteiger partial charge in [-0.25, -0.2) is 4.98 Å². The summed E-state index contributed by atoms with van der Waals surface area (Å²) in [6.07, 6.45) is 1.93. The fraction of sp³-hybridized carbons (Fsp3) is 0.750. The predicted molar refractivity (Wildman–Crippen MR) is 75.3 cm³/mol. The van der Waals surface area contributed by atoms with Gasteiger partial charge in [0.25, 0.3) is 0 Å². The van der Waals surface area contributed by atoms with E-state index in [1.54, 1.807) is 11.3 Å². The third-order valence-electron chi connectivity index (χ3n) is 2.53. The number of anilines is 1. The normalized spacial score (nSPS) is 10.8. The summed E-state index contributed by atoms with van der Waals surface area (Å²) in [5.41, 5.74) is 0. The molecule has 0 atom stereocenters. The Morgan fingerprint density at radius 1 is 1.39 bits per heavy atom. The van der Waals surface area contributed by atoms with Crippen LogP contribution in [0.5, 0.6) is 0 Å². The van der Waals surface area contributed by atoms with Gasteiger partial charge in [0.05, 0.1) is 19.8 Å². The largest absolute Gasteiger partial charge is 0.394 e. The molecule has 0 aliphatic heterocycles. The van der Waals surface area contributed by atoms with E-state index in [0.29, 0.717) is 13.2 Å². The van der Waals surface area contributed by atoms with Crippen molar-refractivity contribution < 1.29 is 9.84 Å². The average molecular weight is 273 g/mol. The summed E-state index contributed by atoms with van der Waals surface area (Å²) in [5.74, 6) is 0. The summed E-state index contributed by atoms with van der Waals surface area (Å²) >= 11 is 1.73. The van der Waals surface area contributed by atoms with E-state index in [1.807, 2.05) is 6.20 Å². The molecule has 5 nitrogen and oxygen atoms in total. The maximum atomic E-state index is 8.55. The van der Waals surface area contributed by atoms with Gasteiger partial charge in [-0.3, -0.25) is 0 Å². The van der Waals surface area contributed by atoms with Crippen LogP contribution in [-0.2, 0) is 11.3 Å². The zero-order valence-corrected chi connectivity index (χ0v) is 12.0. The minimum atomic E-state index is 0.0854. The monoisotopic (exact) mass is 273 g/mol. The van der Waals surface area contributed by atoms with Gasteiger partial charge in [-0.15, -0.1) is 11.3 Å². The molecule has 2 N–H and O–H groups in total. The molecule has 0 aliphatic rings. The van der Waals surface area contributed by atoms with Gasteiger partial charge in [-0.1, -0.05) is 0 Å². The first-order valence-corrected chi connectivity index (χ1v) is 7.22. The van der Waals surface area contributed by atoms with Crippen LogP contribution in [0, 0.1) is 0 Å². The zero-order valence-electron chi connectivity index (χ0n) is 11.2. The highest BCUT2D eigenvalue weighted by atomic mass is 32.1. The van der Waals surface area contributed by atoms with Gasteiger partial charge in [0.1, 0.15) is 0 Å². The Hall–Kier alpha value is -0.690. The second-order valence-electron chi connectivity index (χ2n) is 3.79. The smallest absolute Gasteiger partial charge is 0.185 e. The van der Waals surface area contributed by atoms with Gasteiger partial charge < -0.3 is 20.1 Å². The van der Waals surface area contributed by atoms with Crippen molar-refractivity contribution in [3.8, 4) is 0 Å². The van der Waals surface area contributed by atoms with Crippen molar-refractivity contribution in [1.29, 1.82) is 0 Å². The number of rotatable bonds is 10. The Balaban J connectivity index is 2.23. The number of aromatic nitrogens is 1. The Kier molecular flexibility index (Phi) is 7.91. The molecular formula is C12H23N3O2S. The summed E-state index contributed by atoms with van der Waals surface area (Å²) < 4.78 is 5.17. The number of hydrogen-bond acceptors (Lipinski definition) is 6. The molecule has 0 radical (unpaired) electrons. The second kappa shape index (κ2) is 9.27. The summed E-state index contributed by atoms with van der Waals surface area (Å²) in [7, 11) is 0. The summed E-state index contributed by atoms with van der Waals surface area (Å²) in [6, 6.07) is 0. The van der Waals surface area contributed by atoms with Crippen LogP contribution in [0.2, 0.25) is 0 Å². The van der Waals surface area contributed by atoms with Crippen LogP contribution in [0.1, 0.15) is 18.7 Å². The third kappa shape index (κ3) is 5.30. The number of aliphatic hydroxyl groups excluding tert-OH is 1. The lowest BCUT2D eigenvalue weighted by Gasteiger charge is -2.16. The molecule has 0 aromatic carbocycles. The SMILES string of the molecule is CCN(CC)c1ncc(CNCCOCCO)s1. The van der Waals surface area contributed by atoms with Crippen molar-refractivity contribution in [3.63, 3.8) is 0 Å². The molecule has 1 heterocycles. The van der Waals surface area contributed by atoms with E-state index < -0.39 is 0 Å². The minimum Gasteiger partial charge on any atom is -0.394 e. The molecule has 18 heavy (non-hydrogen) atoms. The molecule has 0 unspecified atom stereocenters. The van der Waals surface area contributed by atoms with Crippen molar-refractivity contribution in [2.45, 2.75) is 20.4 Å². The quantitative estimate of drug-likeness (QED) is 0.625. The van der Waals surface area contributed by atoms with Crippen LogP contribution in [0.4, 0.5) is 5.13 Å². The van der Waals surface area contributed by atoms with E-state index in [0.717, 1.165) is 31.3 Å². The van der Waals surface area contributed by atoms with Crippen molar-refractivity contribution in [2.75, 3.05) is 44.4 Å². The van der Waals surface area contributed by atoms with Gasteiger partial charge in [0.15, 0.2) is 5.13 Å². The molecule has 104 valence electrons. The Morgan fingerprint density at radius 3 is 2.83 bits per heavy atom. The fourth-order valence-corrected chi connectivity index (χ4v) is 2.55. The topological polar surface area (TPSA) is 57.6 Å². The predicted octanol–water partition coefficient (Wildman–Crippen LogP) is 1.09. The number of thiazole rings is 1. The van der Waals surface area contributed by atoms with Crippen LogP contribution in [0.15, 0.2) is 6.20 Å². The van der Waals surface area contributed by atoms with E-state index in [1.165, 1.54) is 4.88 Å². The van der Waals surface area contributed by atoms with Crippen LogP contribution in [-0.4, -0.2) is 49.5 Å². The molecule has 0 amide bonds. The molecule has 0 saturated carbocycles. The Morgan fingerprint density at radius 2 is 2.17 bits per heavy atom. The van der Waals surface area contributed by atoms with Crippen molar-refractivity contribution >= 4 is 16.5 Å². The van der Waals surface area contributed by atoms with E-state index in [9.17, 15) is 0 Å². The molecule has 0 fully saturated rings. The first-order valence-electron chi connectivity index (χ1n) is 6.40.